The van der Waals surface area contributed by atoms with Gasteiger partial charge in [-0.05, 0) is 6.92 Å². The number of carbonyl (C=O) groups is 2. The van der Waals surface area contributed by atoms with E-state index >= 15 is 0 Å². The van der Waals surface area contributed by atoms with Crippen LogP contribution < -0.4 is 10.6 Å². The van der Waals surface area contributed by atoms with Gasteiger partial charge in [-0.25, -0.2) is 9.97 Å². The van der Waals surface area contributed by atoms with Crippen LogP contribution in [0.3, 0.4) is 0 Å². The van der Waals surface area contributed by atoms with E-state index < -0.39 is 11.8 Å². The molecule has 0 spiro atoms. The quantitative estimate of drug-likeness (QED) is 0.723. The van der Waals surface area contributed by atoms with Crippen LogP contribution in [0.15, 0.2) is 6.20 Å². The molecule has 0 aliphatic carbocycles. The summed E-state index contributed by atoms with van der Waals surface area (Å²) in [6.45, 7) is 1.63. The summed E-state index contributed by atoms with van der Waals surface area (Å²) in [5.41, 5.74) is 5.66. The maximum Gasteiger partial charge on any atom is 0.229 e. The van der Waals surface area contributed by atoms with Crippen molar-refractivity contribution in [3.63, 3.8) is 0 Å². The highest BCUT2D eigenvalue weighted by atomic mass is 16.3. The maximum atomic E-state index is 11.8. The number of nitrogens with zero attached hydrogens (tertiary/aromatic N) is 3. The molecule has 1 aromatic rings. The predicted octanol–water partition coefficient (Wildman–Crippen LogP) is -0.884. The zero-order chi connectivity index (χ0) is 13.3. The van der Waals surface area contributed by atoms with E-state index in [4.69, 9.17) is 5.73 Å². The third kappa shape index (κ3) is 2.17. The number of aliphatic hydroxyl groups is 1. The van der Waals surface area contributed by atoms with Gasteiger partial charge in [0.25, 0.3) is 0 Å². The second kappa shape index (κ2) is 4.69. The van der Waals surface area contributed by atoms with Crippen LogP contribution in [0.5, 0.6) is 0 Å². The first-order valence-corrected chi connectivity index (χ1v) is 5.56. The Hall–Kier alpha value is -2.02. The summed E-state index contributed by atoms with van der Waals surface area (Å²) in [6.07, 6.45) is 1.56. The highest BCUT2D eigenvalue weighted by Gasteiger charge is 2.35. The van der Waals surface area contributed by atoms with Gasteiger partial charge in [-0.1, -0.05) is 0 Å². The standard InChI is InChI=1S/C11H14N4O3/c1-6-13-3-8(5-16)11(14-6)15-4-7(10(12)18)2-9(15)17/h3,7,16H,2,4-5H2,1H3,(H2,12,18). The third-order valence-corrected chi connectivity index (χ3v) is 2.92. The molecule has 1 aliphatic rings. The molecule has 7 heteroatoms. The van der Waals surface area contributed by atoms with Gasteiger partial charge in [-0.3, -0.25) is 14.5 Å². The molecule has 2 rings (SSSR count). The van der Waals surface area contributed by atoms with Crippen molar-refractivity contribution < 1.29 is 14.7 Å². The Morgan fingerprint density at radius 1 is 1.67 bits per heavy atom. The monoisotopic (exact) mass is 250 g/mol. The van der Waals surface area contributed by atoms with E-state index in [-0.39, 0.29) is 25.5 Å². The van der Waals surface area contributed by atoms with E-state index in [0.717, 1.165) is 0 Å². The van der Waals surface area contributed by atoms with Crippen LogP contribution in [-0.2, 0) is 16.2 Å². The minimum Gasteiger partial charge on any atom is -0.391 e. The molecule has 2 amide bonds. The average Bonchev–Trinajstić information content (AvgIpc) is 2.71. The number of primary amides is 1. The molecule has 0 bridgehead atoms. The number of carbonyl (C=O) groups excluding carboxylic acids is 2. The summed E-state index contributed by atoms with van der Waals surface area (Å²) in [7, 11) is 0. The number of hydrogen-bond donors (Lipinski definition) is 2. The minimum atomic E-state index is -0.501. The van der Waals surface area contributed by atoms with Crippen LogP contribution in [0.25, 0.3) is 0 Å². The molecule has 1 aliphatic heterocycles. The fourth-order valence-corrected chi connectivity index (χ4v) is 1.93. The lowest BCUT2D eigenvalue weighted by molar-refractivity contribution is -0.123. The average molecular weight is 250 g/mol. The van der Waals surface area contributed by atoms with Crippen molar-refractivity contribution in [2.24, 2.45) is 11.7 Å². The van der Waals surface area contributed by atoms with Crippen molar-refractivity contribution in [3.8, 4) is 0 Å². The molecule has 18 heavy (non-hydrogen) atoms. The topological polar surface area (TPSA) is 109 Å². The van der Waals surface area contributed by atoms with E-state index in [0.29, 0.717) is 17.2 Å². The maximum absolute atomic E-state index is 11.8. The molecule has 1 unspecified atom stereocenters. The van der Waals surface area contributed by atoms with E-state index in [1.54, 1.807) is 6.92 Å². The first-order valence-electron chi connectivity index (χ1n) is 5.56. The van der Waals surface area contributed by atoms with Crippen molar-refractivity contribution in [2.45, 2.75) is 20.0 Å². The number of aryl methyl sites for hydroxylation is 1. The third-order valence-electron chi connectivity index (χ3n) is 2.92. The molecule has 1 atom stereocenters. The largest absolute Gasteiger partial charge is 0.391 e. The van der Waals surface area contributed by atoms with E-state index in [2.05, 4.69) is 9.97 Å². The molecule has 7 nitrogen and oxygen atoms in total. The highest BCUT2D eigenvalue weighted by molar-refractivity contribution is 5.99. The lowest BCUT2D eigenvalue weighted by atomic mass is 10.1. The number of hydrogen-bond acceptors (Lipinski definition) is 5. The van der Waals surface area contributed by atoms with Crippen LogP contribution in [-0.4, -0.2) is 33.4 Å². The van der Waals surface area contributed by atoms with E-state index in [9.17, 15) is 14.7 Å². The van der Waals surface area contributed by atoms with Gasteiger partial charge < -0.3 is 10.8 Å². The van der Waals surface area contributed by atoms with Gasteiger partial charge >= 0.3 is 0 Å². The number of anilines is 1. The smallest absolute Gasteiger partial charge is 0.229 e. The first-order chi connectivity index (χ1) is 8.52. The number of rotatable bonds is 3. The Morgan fingerprint density at radius 3 is 2.94 bits per heavy atom. The molecule has 96 valence electrons. The molecular weight excluding hydrogens is 236 g/mol. The summed E-state index contributed by atoms with van der Waals surface area (Å²) in [5.74, 6) is -0.357. The summed E-state index contributed by atoms with van der Waals surface area (Å²) >= 11 is 0. The van der Waals surface area contributed by atoms with Crippen molar-refractivity contribution in [1.29, 1.82) is 0 Å². The second-order valence-corrected chi connectivity index (χ2v) is 4.23. The SMILES string of the molecule is Cc1ncc(CO)c(N2CC(C(N)=O)CC2=O)n1. The molecule has 0 radical (unpaired) electrons. The van der Waals surface area contributed by atoms with Gasteiger partial charge in [-0.2, -0.15) is 0 Å². The zero-order valence-electron chi connectivity index (χ0n) is 9.96. The molecule has 0 saturated carbocycles. The van der Waals surface area contributed by atoms with E-state index in [1.165, 1.54) is 11.1 Å². The van der Waals surface area contributed by atoms with Crippen molar-refractivity contribution in [1.82, 2.24) is 9.97 Å². The van der Waals surface area contributed by atoms with Crippen molar-refractivity contribution in [3.05, 3.63) is 17.6 Å². The fraction of sp³-hybridized carbons (Fsp3) is 0.455. The van der Waals surface area contributed by atoms with Crippen molar-refractivity contribution in [2.75, 3.05) is 11.4 Å². The second-order valence-electron chi connectivity index (χ2n) is 4.23. The Bertz CT molecular complexity index is 503. The number of aromatic nitrogens is 2. The van der Waals surface area contributed by atoms with Gasteiger partial charge in [0.05, 0.1) is 12.5 Å². The van der Waals surface area contributed by atoms with Crippen molar-refractivity contribution >= 4 is 17.6 Å². The van der Waals surface area contributed by atoms with Gasteiger partial charge in [0, 0.05) is 24.7 Å². The fourth-order valence-electron chi connectivity index (χ4n) is 1.93. The Morgan fingerprint density at radius 2 is 2.39 bits per heavy atom. The molecule has 2 heterocycles. The number of aliphatic hydroxyl groups excluding tert-OH is 1. The Labute approximate surface area is 104 Å². The summed E-state index contributed by atoms with van der Waals surface area (Å²) < 4.78 is 0. The van der Waals surface area contributed by atoms with Gasteiger partial charge in [0.15, 0.2) is 0 Å². The molecule has 1 saturated heterocycles. The highest BCUT2D eigenvalue weighted by Crippen LogP contribution is 2.26. The predicted molar refractivity (Wildman–Crippen MR) is 62.3 cm³/mol. The molecular formula is C11H14N4O3. The normalized spacial score (nSPS) is 19.3. The first kappa shape index (κ1) is 12.4. The lowest BCUT2D eigenvalue weighted by Crippen LogP contribution is -2.30. The number of nitrogens with two attached hydrogens (primary N) is 1. The Balaban J connectivity index is 2.34. The summed E-state index contributed by atoms with van der Waals surface area (Å²) in [5, 5.41) is 9.22. The summed E-state index contributed by atoms with van der Waals surface area (Å²) in [4.78, 5) is 32.4. The summed E-state index contributed by atoms with van der Waals surface area (Å²) in [6, 6.07) is 0. The number of amides is 2. The van der Waals surface area contributed by atoms with Crippen LogP contribution in [0.2, 0.25) is 0 Å². The van der Waals surface area contributed by atoms with Crippen LogP contribution in [0.1, 0.15) is 17.8 Å². The zero-order valence-corrected chi connectivity index (χ0v) is 9.96. The Kier molecular flexibility index (Phi) is 3.24. The van der Waals surface area contributed by atoms with Gasteiger partial charge in [0.2, 0.25) is 11.8 Å². The molecule has 1 fully saturated rings. The molecule has 1 aromatic heterocycles. The van der Waals surface area contributed by atoms with Gasteiger partial charge in [0.1, 0.15) is 11.6 Å². The minimum absolute atomic E-state index is 0.0866. The van der Waals surface area contributed by atoms with Crippen LogP contribution >= 0.6 is 0 Å². The van der Waals surface area contributed by atoms with Gasteiger partial charge in [-0.15, -0.1) is 0 Å². The van der Waals surface area contributed by atoms with Crippen LogP contribution in [0.4, 0.5) is 5.82 Å². The van der Waals surface area contributed by atoms with E-state index in [1.807, 2.05) is 0 Å². The molecule has 0 aromatic carbocycles. The van der Waals surface area contributed by atoms with Crippen LogP contribution in [0, 0.1) is 12.8 Å². The molecule has 3 N–H and O–H groups in total. The lowest BCUT2D eigenvalue weighted by Gasteiger charge is -2.18.